The van der Waals surface area contributed by atoms with Crippen LogP contribution >= 0.6 is 11.8 Å². The van der Waals surface area contributed by atoms with E-state index in [0.717, 1.165) is 25.7 Å². The molecule has 2 atom stereocenters. The Kier molecular flexibility index (Phi) is 4.03. The Hall–Kier alpha value is -1.34. The number of H-pyrrole nitrogens is 1. The Labute approximate surface area is 126 Å². The van der Waals surface area contributed by atoms with Crippen molar-refractivity contribution in [3.05, 3.63) is 22.6 Å². The summed E-state index contributed by atoms with van der Waals surface area (Å²) in [6.07, 6.45) is 6.69. The second kappa shape index (κ2) is 5.81. The van der Waals surface area contributed by atoms with Crippen LogP contribution in [0.1, 0.15) is 38.5 Å². The summed E-state index contributed by atoms with van der Waals surface area (Å²) >= 11 is 1.48. The van der Waals surface area contributed by atoms with Gasteiger partial charge in [0, 0.05) is 23.6 Å². The molecule has 1 aromatic heterocycles. The smallest absolute Gasteiger partial charge is 0.323 e. The van der Waals surface area contributed by atoms with Crippen LogP contribution < -0.4 is 10.9 Å². The molecule has 3 rings (SSSR count). The fourth-order valence-electron chi connectivity index (χ4n) is 2.90. The minimum Gasteiger partial charge on any atom is -0.480 e. The van der Waals surface area contributed by atoms with Gasteiger partial charge in [-0.15, -0.1) is 0 Å². The van der Waals surface area contributed by atoms with Gasteiger partial charge in [0.15, 0.2) is 5.16 Å². The van der Waals surface area contributed by atoms with Crippen molar-refractivity contribution in [2.45, 2.75) is 60.5 Å². The lowest BCUT2D eigenvalue weighted by atomic mass is 9.81. The molecule has 3 N–H and O–H groups in total. The van der Waals surface area contributed by atoms with Gasteiger partial charge in [0.05, 0.1) is 0 Å². The second-order valence-electron chi connectivity index (χ2n) is 5.88. The molecule has 2 aliphatic rings. The molecular weight excluding hydrogens is 290 g/mol. The monoisotopic (exact) mass is 309 g/mol. The van der Waals surface area contributed by atoms with Crippen LogP contribution in [0.3, 0.4) is 0 Å². The van der Waals surface area contributed by atoms with Crippen LogP contribution in [0.2, 0.25) is 0 Å². The van der Waals surface area contributed by atoms with E-state index in [-0.39, 0.29) is 10.8 Å². The molecule has 0 spiro atoms. The van der Waals surface area contributed by atoms with Gasteiger partial charge in [-0.1, -0.05) is 11.8 Å². The molecule has 114 valence electrons. The number of carboxylic acids is 1. The van der Waals surface area contributed by atoms with E-state index in [2.05, 4.69) is 15.3 Å². The SMILES string of the molecule is O=C(O)C1(NC2CC2)CCCC(Sc2nccc(=O)[nH]2)C1. The Morgan fingerprint density at radius 3 is 2.95 bits per heavy atom. The second-order valence-corrected chi connectivity index (χ2v) is 7.17. The van der Waals surface area contributed by atoms with Gasteiger partial charge in [-0.2, -0.15) is 0 Å². The van der Waals surface area contributed by atoms with Gasteiger partial charge in [-0.3, -0.25) is 14.9 Å². The van der Waals surface area contributed by atoms with Gasteiger partial charge < -0.3 is 10.1 Å². The maximum atomic E-state index is 11.7. The Balaban J connectivity index is 1.71. The number of aromatic amines is 1. The molecule has 2 fully saturated rings. The molecule has 21 heavy (non-hydrogen) atoms. The van der Waals surface area contributed by atoms with Crippen molar-refractivity contribution in [1.82, 2.24) is 15.3 Å². The van der Waals surface area contributed by atoms with Crippen molar-refractivity contribution in [1.29, 1.82) is 0 Å². The van der Waals surface area contributed by atoms with Gasteiger partial charge >= 0.3 is 5.97 Å². The number of thioether (sulfide) groups is 1. The Bertz CT molecular complexity index is 587. The molecule has 0 bridgehead atoms. The van der Waals surface area contributed by atoms with Gasteiger partial charge in [0.1, 0.15) is 5.54 Å². The average molecular weight is 309 g/mol. The van der Waals surface area contributed by atoms with Crippen LogP contribution in [-0.2, 0) is 4.79 Å². The van der Waals surface area contributed by atoms with E-state index in [0.29, 0.717) is 24.0 Å². The number of nitrogens with one attached hydrogen (secondary N) is 2. The topological polar surface area (TPSA) is 95.1 Å². The summed E-state index contributed by atoms with van der Waals surface area (Å²) in [6.45, 7) is 0. The highest BCUT2D eigenvalue weighted by atomic mass is 32.2. The summed E-state index contributed by atoms with van der Waals surface area (Å²) in [5, 5.41) is 13.7. The third kappa shape index (κ3) is 3.47. The standard InChI is InChI=1S/C14H19N3O3S/c18-11-5-7-15-13(16-11)21-10-2-1-6-14(8-10,12(19)20)17-9-3-4-9/h5,7,9-10,17H,1-4,6,8H2,(H,19,20)(H,15,16,18). The number of hydrogen-bond donors (Lipinski definition) is 3. The molecular formula is C14H19N3O3S. The first kappa shape index (κ1) is 14.6. The van der Waals surface area contributed by atoms with E-state index < -0.39 is 11.5 Å². The quantitative estimate of drug-likeness (QED) is 0.711. The first-order chi connectivity index (χ1) is 10.1. The van der Waals surface area contributed by atoms with Gasteiger partial charge in [0.2, 0.25) is 0 Å². The summed E-state index contributed by atoms with van der Waals surface area (Å²) in [5.41, 5.74) is -0.990. The lowest BCUT2D eigenvalue weighted by Crippen LogP contribution is -2.56. The van der Waals surface area contributed by atoms with Crippen molar-refractivity contribution in [3.63, 3.8) is 0 Å². The van der Waals surface area contributed by atoms with Crippen molar-refractivity contribution in [2.24, 2.45) is 0 Å². The number of aliphatic carboxylic acids is 1. The zero-order valence-electron chi connectivity index (χ0n) is 11.7. The number of rotatable bonds is 5. The van der Waals surface area contributed by atoms with E-state index >= 15 is 0 Å². The fraction of sp³-hybridized carbons (Fsp3) is 0.643. The molecule has 6 nitrogen and oxygen atoms in total. The van der Waals surface area contributed by atoms with Crippen LogP contribution in [-0.4, -0.2) is 37.9 Å². The van der Waals surface area contributed by atoms with Crippen LogP contribution in [0, 0.1) is 0 Å². The van der Waals surface area contributed by atoms with E-state index in [1.54, 1.807) is 0 Å². The zero-order chi connectivity index (χ0) is 14.9. The molecule has 0 saturated heterocycles. The third-order valence-corrected chi connectivity index (χ3v) is 5.27. The molecule has 0 aliphatic heterocycles. The molecule has 0 aromatic carbocycles. The molecule has 1 aromatic rings. The first-order valence-corrected chi connectivity index (χ1v) is 8.18. The minimum absolute atomic E-state index is 0.159. The van der Waals surface area contributed by atoms with Gasteiger partial charge in [-0.05, 0) is 38.5 Å². The van der Waals surface area contributed by atoms with Gasteiger partial charge in [0.25, 0.3) is 5.56 Å². The van der Waals surface area contributed by atoms with E-state index in [4.69, 9.17) is 0 Å². The largest absolute Gasteiger partial charge is 0.480 e. The van der Waals surface area contributed by atoms with Crippen LogP contribution in [0.15, 0.2) is 22.2 Å². The molecule has 0 amide bonds. The predicted octanol–water partition coefficient (Wildman–Crippen LogP) is 1.38. The average Bonchev–Trinajstić information content (AvgIpc) is 3.23. The molecule has 2 unspecified atom stereocenters. The zero-order valence-corrected chi connectivity index (χ0v) is 12.5. The van der Waals surface area contributed by atoms with Crippen LogP contribution in [0.25, 0.3) is 0 Å². The fourth-order valence-corrected chi connectivity index (χ4v) is 4.15. The Morgan fingerprint density at radius 2 is 2.29 bits per heavy atom. The number of carboxylic acid groups (broad SMARTS) is 1. The summed E-state index contributed by atoms with van der Waals surface area (Å²) in [4.78, 5) is 29.9. The number of aromatic nitrogens is 2. The summed E-state index contributed by atoms with van der Waals surface area (Å²) < 4.78 is 0. The van der Waals surface area contributed by atoms with E-state index in [9.17, 15) is 14.7 Å². The predicted molar refractivity (Wildman–Crippen MR) is 79.5 cm³/mol. The molecule has 1 heterocycles. The third-order valence-electron chi connectivity index (χ3n) is 4.10. The van der Waals surface area contributed by atoms with Crippen LogP contribution in [0.5, 0.6) is 0 Å². The highest BCUT2D eigenvalue weighted by Crippen LogP contribution is 2.39. The van der Waals surface area contributed by atoms with Crippen molar-refractivity contribution in [2.75, 3.05) is 0 Å². The number of nitrogens with zero attached hydrogens (tertiary/aromatic N) is 1. The number of carbonyl (C=O) groups is 1. The lowest BCUT2D eigenvalue weighted by Gasteiger charge is -2.38. The molecule has 2 aliphatic carbocycles. The van der Waals surface area contributed by atoms with Crippen molar-refractivity contribution < 1.29 is 9.90 Å². The van der Waals surface area contributed by atoms with E-state index in [1.807, 2.05) is 0 Å². The summed E-state index contributed by atoms with van der Waals surface area (Å²) in [7, 11) is 0. The van der Waals surface area contributed by atoms with Crippen molar-refractivity contribution in [3.8, 4) is 0 Å². The maximum Gasteiger partial charge on any atom is 0.323 e. The molecule has 2 saturated carbocycles. The molecule has 0 radical (unpaired) electrons. The highest BCUT2D eigenvalue weighted by Gasteiger charge is 2.46. The van der Waals surface area contributed by atoms with E-state index in [1.165, 1.54) is 24.0 Å². The summed E-state index contributed by atoms with van der Waals surface area (Å²) in [5.74, 6) is -0.755. The Morgan fingerprint density at radius 1 is 1.48 bits per heavy atom. The molecule has 7 heteroatoms. The van der Waals surface area contributed by atoms with Crippen molar-refractivity contribution >= 4 is 17.7 Å². The summed E-state index contributed by atoms with van der Waals surface area (Å²) in [6, 6.07) is 1.74. The van der Waals surface area contributed by atoms with Crippen LogP contribution in [0.4, 0.5) is 0 Å². The maximum absolute atomic E-state index is 11.7. The number of hydrogen-bond acceptors (Lipinski definition) is 5. The lowest BCUT2D eigenvalue weighted by molar-refractivity contribution is -0.146. The minimum atomic E-state index is -0.813. The van der Waals surface area contributed by atoms with Gasteiger partial charge in [-0.25, -0.2) is 4.98 Å². The first-order valence-electron chi connectivity index (χ1n) is 7.30. The highest BCUT2D eigenvalue weighted by molar-refractivity contribution is 7.99. The normalized spacial score (nSPS) is 29.2.